The molecule has 0 aliphatic heterocycles. The minimum absolute atomic E-state index is 0.0411. The number of benzene rings is 2. The summed E-state index contributed by atoms with van der Waals surface area (Å²) in [5, 5.41) is 3.28. The Kier molecular flexibility index (Phi) is 6.27. The van der Waals surface area contributed by atoms with Crippen LogP contribution >= 0.6 is 0 Å². The Morgan fingerprint density at radius 1 is 1.04 bits per heavy atom. The second-order valence-electron chi connectivity index (χ2n) is 6.83. The number of carbonyl (C=O) groups is 1. The quantitative estimate of drug-likeness (QED) is 0.639. The van der Waals surface area contributed by atoms with Crippen molar-refractivity contribution < 1.29 is 9.53 Å². The fourth-order valence-electron chi connectivity index (χ4n) is 2.93. The van der Waals surface area contributed by atoms with E-state index in [2.05, 4.69) is 10.3 Å². The predicted octanol–water partition coefficient (Wildman–Crippen LogP) is 4.88. The molecule has 0 bridgehead atoms. The fourth-order valence-corrected chi connectivity index (χ4v) is 2.93. The SMILES string of the molecule is COc1cccc(Nc2cncc(C(=O)N(Cc3ccccc3)C(C)C)c2)c1. The zero-order valence-corrected chi connectivity index (χ0v) is 16.4. The molecule has 0 fully saturated rings. The van der Waals surface area contributed by atoms with E-state index < -0.39 is 0 Å². The summed E-state index contributed by atoms with van der Waals surface area (Å²) in [7, 11) is 1.63. The molecule has 1 amide bonds. The number of carbonyl (C=O) groups excluding carboxylic acids is 1. The van der Waals surface area contributed by atoms with Gasteiger partial charge in [-0.2, -0.15) is 0 Å². The van der Waals surface area contributed by atoms with E-state index in [9.17, 15) is 4.79 Å². The molecule has 144 valence electrons. The van der Waals surface area contributed by atoms with Crippen LogP contribution in [0.2, 0.25) is 0 Å². The maximum absolute atomic E-state index is 13.1. The molecule has 0 saturated carbocycles. The highest BCUT2D eigenvalue weighted by atomic mass is 16.5. The van der Waals surface area contributed by atoms with Crippen molar-refractivity contribution in [2.24, 2.45) is 0 Å². The van der Waals surface area contributed by atoms with Gasteiger partial charge in [0, 0.05) is 30.5 Å². The van der Waals surface area contributed by atoms with Crippen molar-refractivity contribution in [3.63, 3.8) is 0 Å². The lowest BCUT2D eigenvalue weighted by molar-refractivity contribution is 0.0690. The lowest BCUT2D eigenvalue weighted by atomic mass is 10.1. The van der Waals surface area contributed by atoms with Crippen molar-refractivity contribution in [1.29, 1.82) is 0 Å². The van der Waals surface area contributed by atoms with Gasteiger partial charge in [-0.25, -0.2) is 0 Å². The van der Waals surface area contributed by atoms with Gasteiger partial charge in [-0.15, -0.1) is 0 Å². The molecule has 28 heavy (non-hydrogen) atoms. The smallest absolute Gasteiger partial charge is 0.256 e. The molecule has 0 radical (unpaired) electrons. The third-order valence-electron chi connectivity index (χ3n) is 4.42. The number of hydrogen-bond donors (Lipinski definition) is 1. The van der Waals surface area contributed by atoms with Crippen molar-refractivity contribution in [2.75, 3.05) is 12.4 Å². The number of rotatable bonds is 7. The molecule has 3 aromatic rings. The van der Waals surface area contributed by atoms with Crippen LogP contribution < -0.4 is 10.1 Å². The lowest BCUT2D eigenvalue weighted by Crippen LogP contribution is -2.36. The Morgan fingerprint density at radius 2 is 1.82 bits per heavy atom. The van der Waals surface area contributed by atoms with E-state index in [0.717, 1.165) is 22.7 Å². The molecule has 1 N–H and O–H groups in total. The Balaban J connectivity index is 1.79. The van der Waals surface area contributed by atoms with Crippen LogP contribution in [0.1, 0.15) is 29.8 Å². The third-order valence-corrected chi connectivity index (χ3v) is 4.42. The molecular weight excluding hydrogens is 350 g/mol. The number of hydrogen-bond acceptors (Lipinski definition) is 4. The largest absolute Gasteiger partial charge is 0.497 e. The van der Waals surface area contributed by atoms with E-state index in [1.54, 1.807) is 19.5 Å². The van der Waals surface area contributed by atoms with Crippen LogP contribution in [-0.4, -0.2) is 28.9 Å². The number of pyridine rings is 1. The van der Waals surface area contributed by atoms with E-state index in [1.165, 1.54) is 0 Å². The molecule has 0 aliphatic rings. The maximum atomic E-state index is 13.1. The van der Waals surface area contributed by atoms with Gasteiger partial charge in [0.05, 0.1) is 24.6 Å². The molecule has 5 heteroatoms. The zero-order valence-electron chi connectivity index (χ0n) is 16.4. The van der Waals surface area contributed by atoms with Crippen molar-refractivity contribution in [3.05, 3.63) is 84.2 Å². The Morgan fingerprint density at radius 3 is 2.54 bits per heavy atom. The van der Waals surface area contributed by atoms with Crippen molar-refractivity contribution in [2.45, 2.75) is 26.4 Å². The molecule has 0 spiro atoms. The Labute approximate surface area is 166 Å². The molecule has 0 saturated heterocycles. The zero-order chi connectivity index (χ0) is 19.9. The first-order valence-electron chi connectivity index (χ1n) is 9.28. The van der Waals surface area contributed by atoms with Crippen LogP contribution in [0, 0.1) is 0 Å². The highest BCUT2D eigenvalue weighted by molar-refractivity contribution is 5.95. The summed E-state index contributed by atoms with van der Waals surface area (Å²) in [5.41, 5.74) is 3.28. The summed E-state index contributed by atoms with van der Waals surface area (Å²) in [6.45, 7) is 4.60. The van der Waals surface area contributed by atoms with Gasteiger partial charge in [0.25, 0.3) is 5.91 Å². The second kappa shape index (κ2) is 9.04. The first-order chi connectivity index (χ1) is 13.6. The number of aromatic nitrogens is 1. The average molecular weight is 375 g/mol. The van der Waals surface area contributed by atoms with Crippen LogP contribution in [0.4, 0.5) is 11.4 Å². The second-order valence-corrected chi connectivity index (χ2v) is 6.83. The van der Waals surface area contributed by atoms with Gasteiger partial charge in [0.15, 0.2) is 0 Å². The summed E-state index contributed by atoms with van der Waals surface area (Å²) >= 11 is 0. The van der Waals surface area contributed by atoms with Gasteiger partial charge in [-0.3, -0.25) is 9.78 Å². The number of methoxy groups -OCH3 is 1. The number of nitrogens with zero attached hydrogens (tertiary/aromatic N) is 2. The van der Waals surface area contributed by atoms with E-state index in [-0.39, 0.29) is 11.9 Å². The molecule has 0 aliphatic carbocycles. The molecule has 2 aromatic carbocycles. The summed E-state index contributed by atoms with van der Waals surface area (Å²) in [4.78, 5) is 19.2. The van der Waals surface area contributed by atoms with Crippen molar-refractivity contribution in [1.82, 2.24) is 9.88 Å². The van der Waals surface area contributed by atoms with Gasteiger partial charge < -0.3 is 15.0 Å². The number of anilines is 2. The summed E-state index contributed by atoms with van der Waals surface area (Å²) in [6.07, 6.45) is 3.31. The molecular formula is C23H25N3O2. The molecule has 0 atom stereocenters. The highest BCUT2D eigenvalue weighted by Crippen LogP contribution is 2.22. The van der Waals surface area contributed by atoms with Crippen LogP contribution in [0.15, 0.2) is 73.1 Å². The normalized spacial score (nSPS) is 10.6. The van der Waals surface area contributed by atoms with Gasteiger partial charge in [0.1, 0.15) is 5.75 Å². The number of nitrogens with one attached hydrogen (secondary N) is 1. The molecule has 0 unspecified atom stereocenters. The third kappa shape index (κ3) is 4.88. The standard InChI is InChI=1S/C23H25N3O2/c1-17(2)26(16-18-8-5-4-6-9-18)23(27)19-12-21(15-24-14-19)25-20-10-7-11-22(13-20)28-3/h4-15,17,25H,16H2,1-3H3. The average Bonchev–Trinajstić information content (AvgIpc) is 2.72. The predicted molar refractivity (Wildman–Crippen MR) is 112 cm³/mol. The highest BCUT2D eigenvalue weighted by Gasteiger charge is 2.19. The van der Waals surface area contributed by atoms with Crippen LogP contribution in [0.5, 0.6) is 5.75 Å². The minimum atomic E-state index is -0.0411. The summed E-state index contributed by atoms with van der Waals surface area (Å²) in [6, 6.07) is 19.5. The number of amides is 1. The van der Waals surface area contributed by atoms with E-state index >= 15 is 0 Å². The topological polar surface area (TPSA) is 54.5 Å². The first-order valence-corrected chi connectivity index (χ1v) is 9.28. The molecule has 1 heterocycles. The van der Waals surface area contributed by atoms with E-state index in [1.807, 2.05) is 79.4 Å². The summed E-state index contributed by atoms with van der Waals surface area (Å²) in [5.74, 6) is 0.722. The van der Waals surface area contributed by atoms with Crippen LogP contribution in [0.25, 0.3) is 0 Å². The maximum Gasteiger partial charge on any atom is 0.256 e. The van der Waals surface area contributed by atoms with Gasteiger partial charge in [-0.1, -0.05) is 36.4 Å². The van der Waals surface area contributed by atoms with Gasteiger partial charge in [-0.05, 0) is 37.6 Å². The van der Waals surface area contributed by atoms with Crippen molar-refractivity contribution in [3.8, 4) is 5.75 Å². The van der Waals surface area contributed by atoms with Crippen molar-refractivity contribution >= 4 is 17.3 Å². The van der Waals surface area contributed by atoms with Gasteiger partial charge >= 0.3 is 0 Å². The molecule has 5 nitrogen and oxygen atoms in total. The molecule has 3 rings (SSSR count). The lowest BCUT2D eigenvalue weighted by Gasteiger charge is -2.27. The fraction of sp³-hybridized carbons (Fsp3) is 0.217. The first kappa shape index (κ1) is 19.4. The summed E-state index contributed by atoms with van der Waals surface area (Å²) < 4.78 is 5.25. The van der Waals surface area contributed by atoms with Gasteiger partial charge in [0.2, 0.25) is 0 Å². The van der Waals surface area contributed by atoms with Crippen LogP contribution in [-0.2, 0) is 6.54 Å². The van der Waals surface area contributed by atoms with E-state index in [4.69, 9.17) is 4.74 Å². The van der Waals surface area contributed by atoms with E-state index in [0.29, 0.717) is 12.1 Å². The Bertz CT molecular complexity index is 926. The number of ether oxygens (including phenoxy) is 1. The Hall–Kier alpha value is -3.34. The van der Waals surface area contributed by atoms with Crippen LogP contribution in [0.3, 0.4) is 0 Å². The minimum Gasteiger partial charge on any atom is -0.497 e. The monoisotopic (exact) mass is 375 g/mol. The molecule has 1 aromatic heterocycles.